The SMILES string of the molecule is O=C1c2cccc(N3CCN(Cc4c(F)cccc4Cl)CC3)c2C(=O)N1C[C@@H]1COc2ccccc2O1. The lowest BCUT2D eigenvalue weighted by Gasteiger charge is -2.37. The highest BCUT2D eigenvalue weighted by atomic mass is 35.5. The predicted molar refractivity (Wildman–Crippen MR) is 137 cm³/mol. The zero-order valence-corrected chi connectivity index (χ0v) is 20.8. The maximum absolute atomic E-state index is 14.2. The van der Waals surface area contributed by atoms with E-state index in [1.54, 1.807) is 18.2 Å². The molecule has 1 saturated heterocycles. The number of ether oxygens (including phenoxy) is 2. The number of hydrogen-bond acceptors (Lipinski definition) is 6. The molecule has 0 unspecified atom stereocenters. The first-order chi connectivity index (χ1) is 18.0. The lowest BCUT2D eigenvalue weighted by atomic mass is 10.1. The van der Waals surface area contributed by atoms with Gasteiger partial charge in [-0.3, -0.25) is 19.4 Å². The quantitative estimate of drug-likeness (QED) is 0.468. The van der Waals surface area contributed by atoms with Crippen molar-refractivity contribution in [3.05, 3.63) is 88.2 Å². The van der Waals surface area contributed by atoms with E-state index in [1.165, 1.54) is 11.0 Å². The molecule has 2 amide bonds. The molecule has 3 aromatic carbocycles. The molecule has 0 spiro atoms. The van der Waals surface area contributed by atoms with Gasteiger partial charge < -0.3 is 14.4 Å². The van der Waals surface area contributed by atoms with Crippen molar-refractivity contribution >= 4 is 29.1 Å². The van der Waals surface area contributed by atoms with E-state index < -0.39 is 6.10 Å². The van der Waals surface area contributed by atoms with Crippen LogP contribution in [-0.2, 0) is 6.54 Å². The van der Waals surface area contributed by atoms with E-state index in [1.807, 2.05) is 36.4 Å². The van der Waals surface area contributed by atoms with Crippen molar-refractivity contribution in [1.29, 1.82) is 0 Å². The van der Waals surface area contributed by atoms with Crippen LogP contribution in [-0.4, -0.2) is 67.0 Å². The second-order valence-corrected chi connectivity index (χ2v) is 9.79. The Balaban J connectivity index is 1.15. The van der Waals surface area contributed by atoms with Crippen LogP contribution in [0.3, 0.4) is 0 Å². The van der Waals surface area contributed by atoms with Crippen LogP contribution < -0.4 is 14.4 Å². The van der Waals surface area contributed by atoms with Crippen molar-refractivity contribution in [1.82, 2.24) is 9.80 Å². The van der Waals surface area contributed by atoms with Crippen molar-refractivity contribution in [2.24, 2.45) is 0 Å². The zero-order chi connectivity index (χ0) is 25.5. The van der Waals surface area contributed by atoms with Crippen LogP contribution in [0.4, 0.5) is 10.1 Å². The first kappa shape index (κ1) is 23.8. The third kappa shape index (κ3) is 4.40. The summed E-state index contributed by atoms with van der Waals surface area (Å²) in [5, 5.41) is 0.420. The Hall–Kier alpha value is -3.62. The van der Waals surface area contributed by atoms with Crippen molar-refractivity contribution in [3.8, 4) is 11.5 Å². The first-order valence-electron chi connectivity index (χ1n) is 12.3. The Labute approximate surface area is 218 Å². The highest BCUT2D eigenvalue weighted by molar-refractivity contribution is 6.31. The van der Waals surface area contributed by atoms with Crippen LogP contribution in [0.25, 0.3) is 0 Å². The fraction of sp³-hybridized carbons (Fsp3) is 0.286. The van der Waals surface area contributed by atoms with Crippen molar-refractivity contribution < 1.29 is 23.5 Å². The lowest BCUT2D eigenvalue weighted by Crippen LogP contribution is -2.46. The monoisotopic (exact) mass is 521 g/mol. The molecule has 0 N–H and O–H groups in total. The number of benzene rings is 3. The number of carbonyl (C=O) groups excluding carboxylic acids is 2. The molecule has 3 aromatic rings. The van der Waals surface area contributed by atoms with Gasteiger partial charge in [0.2, 0.25) is 0 Å². The van der Waals surface area contributed by atoms with E-state index in [-0.39, 0.29) is 30.8 Å². The molecule has 3 heterocycles. The summed E-state index contributed by atoms with van der Waals surface area (Å²) in [4.78, 5) is 32.2. The van der Waals surface area contributed by atoms with Gasteiger partial charge in [0.25, 0.3) is 11.8 Å². The highest BCUT2D eigenvalue weighted by Gasteiger charge is 2.40. The van der Waals surface area contributed by atoms with Gasteiger partial charge in [-0.1, -0.05) is 35.9 Å². The smallest absolute Gasteiger partial charge is 0.263 e. The summed E-state index contributed by atoms with van der Waals surface area (Å²) in [5.74, 6) is 0.303. The number of carbonyl (C=O) groups is 2. The molecule has 7 nitrogen and oxygen atoms in total. The van der Waals surface area contributed by atoms with E-state index >= 15 is 0 Å². The number of halogens is 2. The number of rotatable bonds is 5. The predicted octanol–water partition coefficient (Wildman–Crippen LogP) is 4.24. The second-order valence-electron chi connectivity index (χ2n) is 9.38. The molecule has 3 aliphatic rings. The Morgan fingerprint density at radius 3 is 2.43 bits per heavy atom. The van der Waals surface area contributed by atoms with Crippen LogP contribution in [0.5, 0.6) is 11.5 Å². The summed E-state index contributed by atoms with van der Waals surface area (Å²) in [6, 6.07) is 17.5. The van der Waals surface area contributed by atoms with Crippen LogP contribution in [0, 0.1) is 5.82 Å². The molecule has 37 heavy (non-hydrogen) atoms. The molecule has 0 aliphatic carbocycles. The average Bonchev–Trinajstić information content (AvgIpc) is 3.16. The van der Waals surface area contributed by atoms with Gasteiger partial charge in [0.15, 0.2) is 17.6 Å². The number of fused-ring (bicyclic) bond motifs is 2. The van der Waals surface area contributed by atoms with E-state index in [9.17, 15) is 14.0 Å². The molecule has 0 aromatic heterocycles. The first-order valence-corrected chi connectivity index (χ1v) is 12.7. The van der Waals surface area contributed by atoms with Gasteiger partial charge in [0, 0.05) is 43.3 Å². The summed E-state index contributed by atoms with van der Waals surface area (Å²) in [7, 11) is 0. The van der Waals surface area contributed by atoms with Crippen molar-refractivity contribution in [2.75, 3.05) is 44.2 Å². The summed E-state index contributed by atoms with van der Waals surface area (Å²) in [6.07, 6.45) is -0.450. The molecule has 0 saturated carbocycles. The number of anilines is 1. The minimum absolute atomic E-state index is 0.108. The van der Waals surface area contributed by atoms with Gasteiger partial charge in [-0.2, -0.15) is 0 Å². The van der Waals surface area contributed by atoms with Crippen LogP contribution in [0.1, 0.15) is 26.3 Å². The summed E-state index contributed by atoms with van der Waals surface area (Å²) >= 11 is 6.21. The summed E-state index contributed by atoms with van der Waals surface area (Å²) in [5.41, 5.74) is 2.06. The van der Waals surface area contributed by atoms with Crippen LogP contribution in [0.2, 0.25) is 5.02 Å². The topological polar surface area (TPSA) is 62.3 Å². The van der Waals surface area contributed by atoms with E-state index in [0.29, 0.717) is 65.9 Å². The Bertz CT molecular complexity index is 1360. The standard InChI is InChI=1S/C28H25ClFN3O4/c29-21-6-4-7-22(30)20(21)16-31-11-13-32(14-12-31)23-8-3-5-19-26(23)28(35)33(27(19)34)15-18-17-36-24-9-1-2-10-25(24)37-18/h1-10,18H,11-17H2/t18-/m1/s1. The fourth-order valence-electron chi connectivity index (χ4n) is 5.16. The normalized spacial score (nSPS) is 19.4. The molecular formula is C28H25ClFN3O4. The van der Waals surface area contributed by atoms with Crippen LogP contribution >= 0.6 is 11.6 Å². The van der Waals surface area contributed by atoms with E-state index in [2.05, 4.69) is 9.80 Å². The maximum Gasteiger partial charge on any atom is 0.263 e. The lowest BCUT2D eigenvalue weighted by molar-refractivity contribution is 0.0430. The fourth-order valence-corrected chi connectivity index (χ4v) is 5.38. The largest absolute Gasteiger partial charge is 0.486 e. The second kappa shape index (κ2) is 9.68. The molecule has 0 radical (unpaired) electrons. The zero-order valence-electron chi connectivity index (χ0n) is 20.0. The minimum Gasteiger partial charge on any atom is -0.486 e. The van der Waals surface area contributed by atoms with Crippen LogP contribution in [0.15, 0.2) is 60.7 Å². The van der Waals surface area contributed by atoms with Gasteiger partial charge in [-0.05, 0) is 36.4 Å². The number of imide groups is 1. The third-order valence-electron chi connectivity index (χ3n) is 7.09. The van der Waals surface area contributed by atoms with Gasteiger partial charge in [-0.15, -0.1) is 0 Å². The maximum atomic E-state index is 14.2. The molecule has 6 rings (SSSR count). The van der Waals surface area contributed by atoms with Gasteiger partial charge in [0.05, 0.1) is 23.4 Å². The Morgan fingerprint density at radius 1 is 0.892 bits per heavy atom. The molecule has 1 atom stereocenters. The van der Waals surface area contributed by atoms with Gasteiger partial charge in [0.1, 0.15) is 12.4 Å². The highest BCUT2D eigenvalue weighted by Crippen LogP contribution is 2.35. The molecule has 0 bridgehead atoms. The van der Waals surface area contributed by atoms with Crippen molar-refractivity contribution in [3.63, 3.8) is 0 Å². The van der Waals surface area contributed by atoms with Crippen molar-refractivity contribution in [2.45, 2.75) is 12.6 Å². The Kier molecular flexibility index (Phi) is 6.22. The number of hydrogen-bond donors (Lipinski definition) is 0. The molecule has 1 fully saturated rings. The third-order valence-corrected chi connectivity index (χ3v) is 7.44. The molecule has 9 heteroatoms. The Morgan fingerprint density at radius 2 is 1.65 bits per heavy atom. The van der Waals surface area contributed by atoms with E-state index in [0.717, 1.165) is 5.69 Å². The molecule has 3 aliphatic heterocycles. The number of piperazine rings is 1. The number of para-hydroxylation sites is 2. The minimum atomic E-state index is -0.450. The molecule has 190 valence electrons. The summed E-state index contributed by atoms with van der Waals surface area (Å²) in [6.45, 7) is 3.41. The van der Waals surface area contributed by atoms with Gasteiger partial charge >= 0.3 is 0 Å². The van der Waals surface area contributed by atoms with Gasteiger partial charge in [-0.25, -0.2) is 4.39 Å². The number of nitrogens with zero attached hydrogens (tertiary/aromatic N) is 3. The average molecular weight is 522 g/mol. The van der Waals surface area contributed by atoms with E-state index in [4.69, 9.17) is 21.1 Å². The molecular weight excluding hydrogens is 497 g/mol. The number of amides is 2. The summed E-state index contributed by atoms with van der Waals surface area (Å²) < 4.78 is 26.0.